The van der Waals surface area contributed by atoms with E-state index < -0.39 is 0 Å². The molecule has 17 heavy (non-hydrogen) atoms. The highest BCUT2D eigenvalue weighted by Gasteiger charge is 2.29. The summed E-state index contributed by atoms with van der Waals surface area (Å²) in [5.41, 5.74) is 1.20. The number of aliphatic hydroxyl groups is 1. The first-order chi connectivity index (χ1) is 8.15. The predicted octanol–water partition coefficient (Wildman–Crippen LogP) is 1.68. The molecule has 0 bridgehead atoms. The van der Waals surface area contributed by atoms with Crippen molar-refractivity contribution in [3.63, 3.8) is 0 Å². The number of aliphatic hydroxyl groups excluding tert-OH is 1. The van der Waals surface area contributed by atoms with Crippen molar-refractivity contribution in [1.82, 2.24) is 5.32 Å². The van der Waals surface area contributed by atoms with Crippen LogP contribution >= 0.6 is 0 Å². The summed E-state index contributed by atoms with van der Waals surface area (Å²) in [4.78, 5) is 0. The molecule has 0 saturated heterocycles. The topological polar surface area (TPSA) is 52.5 Å². The molecule has 1 aliphatic carbocycles. The fourth-order valence-corrected chi connectivity index (χ4v) is 2.03. The lowest BCUT2D eigenvalue weighted by Gasteiger charge is -2.17. The minimum Gasteiger partial charge on any atom is -0.508 e. The molecule has 1 aromatic rings. The van der Waals surface area contributed by atoms with Crippen molar-refractivity contribution < 1.29 is 10.2 Å². The molecule has 1 aromatic carbocycles. The van der Waals surface area contributed by atoms with Crippen molar-refractivity contribution in [3.8, 4) is 5.75 Å². The number of benzene rings is 1. The Morgan fingerprint density at radius 3 is 2.53 bits per heavy atom. The van der Waals surface area contributed by atoms with Gasteiger partial charge >= 0.3 is 0 Å². The minimum absolute atomic E-state index is 0.183. The number of aromatic hydroxyl groups is 1. The number of rotatable bonds is 6. The Balaban J connectivity index is 1.72. The Bertz CT molecular complexity index is 346. The maximum atomic E-state index is 9.74. The van der Waals surface area contributed by atoms with Gasteiger partial charge < -0.3 is 15.5 Å². The molecule has 0 radical (unpaired) electrons. The number of nitrogens with one attached hydrogen (secondary N) is 1. The predicted molar refractivity (Wildman–Crippen MR) is 68.0 cm³/mol. The van der Waals surface area contributed by atoms with Crippen molar-refractivity contribution in [2.45, 2.75) is 38.3 Å². The fraction of sp³-hybridized carbons (Fsp3) is 0.571. The van der Waals surface area contributed by atoms with Gasteiger partial charge in [-0.2, -0.15) is 0 Å². The van der Waals surface area contributed by atoms with Crippen LogP contribution < -0.4 is 5.32 Å². The summed E-state index contributed by atoms with van der Waals surface area (Å²) in [5.74, 6) is 0.835. The van der Waals surface area contributed by atoms with Gasteiger partial charge in [-0.3, -0.25) is 0 Å². The number of hydrogen-bond donors (Lipinski definition) is 3. The third-order valence-electron chi connectivity index (χ3n) is 3.32. The standard InChI is InChI=1S/C14H21NO2/c1-10(15-9-14(17)12-4-5-12)8-11-2-6-13(16)7-3-11/h2-3,6-7,10,12,14-17H,4-5,8-9H2,1H3. The van der Waals surface area contributed by atoms with Crippen molar-refractivity contribution >= 4 is 0 Å². The molecule has 1 saturated carbocycles. The largest absolute Gasteiger partial charge is 0.508 e. The lowest BCUT2D eigenvalue weighted by Crippen LogP contribution is -2.35. The Hall–Kier alpha value is -1.06. The Labute approximate surface area is 102 Å². The van der Waals surface area contributed by atoms with E-state index in [2.05, 4.69) is 12.2 Å². The molecule has 0 aromatic heterocycles. The highest BCUT2D eigenvalue weighted by molar-refractivity contribution is 5.26. The molecule has 3 nitrogen and oxygen atoms in total. The molecule has 3 heteroatoms. The highest BCUT2D eigenvalue weighted by atomic mass is 16.3. The van der Waals surface area contributed by atoms with Crippen molar-refractivity contribution in [1.29, 1.82) is 0 Å². The summed E-state index contributed by atoms with van der Waals surface area (Å²) in [6, 6.07) is 7.63. The van der Waals surface area contributed by atoms with Crippen LogP contribution in [-0.2, 0) is 6.42 Å². The van der Waals surface area contributed by atoms with Gasteiger partial charge in [0.2, 0.25) is 0 Å². The van der Waals surface area contributed by atoms with Gasteiger partial charge in [0.15, 0.2) is 0 Å². The summed E-state index contributed by atoms with van der Waals surface area (Å²) in [6.07, 6.45) is 3.08. The molecule has 0 aliphatic heterocycles. The van der Waals surface area contributed by atoms with E-state index in [0.29, 0.717) is 24.3 Å². The molecule has 2 unspecified atom stereocenters. The Kier molecular flexibility index (Phi) is 4.02. The number of hydrogen-bond acceptors (Lipinski definition) is 3. The molecule has 94 valence electrons. The third kappa shape index (κ3) is 4.02. The zero-order valence-electron chi connectivity index (χ0n) is 10.3. The van der Waals surface area contributed by atoms with E-state index in [1.54, 1.807) is 12.1 Å². The molecule has 1 fully saturated rings. The quantitative estimate of drug-likeness (QED) is 0.703. The van der Waals surface area contributed by atoms with Crippen molar-refractivity contribution in [3.05, 3.63) is 29.8 Å². The molecule has 3 N–H and O–H groups in total. The monoisotopic (exact) mass is 235 g/mol. The van der Waals surface area contributed by atoms with E-state index in [1.807, 2.05) is 12.1 Å². The summed E-state index contributed by atoms with van der Waals surface area (Å²) in [7, 11) is 0. The molecule has 2 atom stereocenters. The normalized spacial score (nSPS) is 18.9. The summed E-state index contributed by atoms with van der Waals surface area (Å²) >= 11 is 0. The van der Waals surface area contributed by atoms with Crippen LogP contribution in [0.15, 0.2) is 24.3 Å². The lowest BCUT2D eigenvalue weighted by molar-refractivity contribution is 0.145. The number of phenols is 1. The first-order valence-corrected chi connectivity index (χ1v) is 6.34. The zero-order chi connectivity index (χ0) is 12.3. The molecule has 2 rings (SSSR count). The van der Waals surface area contributed by atoms with E-state index in [9.17, 15) is 10.2 Å². The van der Waals surface area contributed by atoms with E-state index in [4.69, 9.17) is 0 Å². The van der Waals surface area contributed by atoms with Crippen LogP contribution in [0.2, 0.25) is 0 Å². The van der Waals surface area contributed by atoms with E-state index >= 15 is 0 Å². The maximum absolute atomic E-state index is 9.74. The van der Waals surface area contributed by atoms with E-state index in [-0.39, 0.29) is 6.10 Å². The summed E-state index contributed by atoms with van der Waals surface area (Å²) in [5, 5.41) is 22.3. The smallest absolute Gasteiger partial charge is 0.115 e. The zero-order valence-corrected chi connectivity index (χ0v) is 10.3. The SMILES string of the molecule is CC(Cc1ccc(O)cc1)NCC(O)C1CC1. The Morgan fingerprint density at radius 1 is 1.29 bits per heavy atom. The van der Waals surface area contributed by atoms with Gasteiger partial charge in [0, 0.05) is 12.6 Å². The van der Waals surface area contributed by atoms with Crippen LogP contribution in [0.25, 0.3) is 0 Å². The third-order valence-corrected chi connectivity index (χ3v) is 3.32. The van der Waals surface area contributed by atoms with Gasteiger partial charge in [-0.15, -0.1) is 0 Å². The second-order valence-corrected chi connectivity index (χ2v) is 5.08. The van der Waals surface area contributed by atoms with Crippen LogP contribution in [0.3, 0.4) is 0 Å². The van der Waals surface area contributed by atoms with E-state index in [1.165, 1.54) is 18.4 Å². The minimum atomic E-state index is -0.183. The van der Waals surface area contributed by atoms with Crippen LogP contribution in [-0.4, -0.2) is 28.9 Å². The van der Waals surface area contributed by atoms with Crippen molar-refractivity contribution in [2.24, 2.45) is 5.92 Å². The first-order valence-electron chi connectivity index (χ1n) is 6.34. The van der Waals surface area contributed by atoms with Gasteiger partial charge in [-0.25, -0.2) is 0 Å². The van der Waals surface area contributed by atoms with Gasteiger partial charge in [0.1, 0.15) is 5.75 Å². The van der Waals surface area contributed by atoms with Gasteiger partial charge in [-0.05, 0) is 49.8 Å². The molecular formula is C14H21NO2. The van der Waals surface area contributed by atoms with Gasteiger partial charge in [0.25, 0.3) is 0 Å². The van der Waals surface area contributed by atoms with Crippen LogP contribution in [0.1, 0.15) is 25.3 Å². The fourth-order valence-electron chi connectivity index (χ4n) is 2.03. The molecule has 1 aliphatic rings. The van der Waals surface area contributed by atoms with Gasteiger partial charge in [0.05, 0.1) is 6.10 Å². The van der Waals surface area contributed by atoms with Crippen molar-refractivity contribution in [2.75, 3.05) is 6.54 Å². The summed E-state index contributed by atoms with van der Waals surface area (Å²) < 4.78 is 0. The average molecular weight is 235 g/mol. The maximum Gasteiger partial charge on any atom is 0.115 e. The average Bonchev–Trinajstić information content (AvgIpc) is 3.13. The van der Waals surface area contributed by atoms with Crippen LogP contribution in [0, 0.1) is 5.92 Å². The summed E-state index contributed by atoms with van der Waals surface area (Å²) in [6.45, 7) is 2.80. The molecule has 0 spiro atoms. The first kappa shape index (κ1) is 12.4. The second kappa shape index (κ2) is 5.52. The second-order valence-electron chi connectivity index (χ2n) is 5.08. The lowest BCUT2D eigenvalue weighted by atomic mass is 10.1. The van der Waals surface area contributed by atoms with Crippen LogP contribution in [0.5, 0.6) is 5.75 Å². The molecule has 0 heterocycles. The molecule has 0 amide bonds. The Morgan fingerprint density at radius 2 is 1.94 bits per heavy atom. The molecular weight excluding hydrogens is 214 g/mol. The van der Waals surface area contributed by atoms with Crippen LogP contribution in [0.4, 0.5) is 0 Å². The highest BCUT2D eigenvalue weighted by Crippen LogP contribution is 2.32. The van der Waals surface area contributed by atoms with Gasteiger partial charge in [-0.1, -0.05) is 12.1 Å². The van der Waals surface area contributed by atoms with E-state index in [0.717, 1.165) is 6.42 Å². The number of phenolic OH excluding ortho intramolecular Hbond substituents is 1.